The maximum absolute atomic E-state index is 10.7. The highest BCUT2D eigenvalue weighted by Crippen LogP contribution is 2.18. The number of hydrogen-bond donors (Lipinski definition) is 3. The average molecular weight is 188 g/mol. The van der Waals surface area contributed by atoms with E-state index in [1.807, 2.05) is 0 Å². The van der Waals surface area contributed by atoms with E-state index in [1.165, 1.54) is 4.90 Å². The fourth-order valence-corrected chi connectivity index (χ4v) is 1.76. The summed E-state index contributed by atoms with van der Waals surface area (Å²) in [6, 6.07) is -0.0293. The summed E-state index contributed by atoms with van der Waals surface area (Å²) >= 11 is 0. The van der Waals surface area contributed by atoms with Crippen molar-refractivity contribution >= 4 is 6.09 Å². The van der Waals surface area contributed by atoms with Crippen LogP contribution in [0.4, 0.5) is 4.79 Å². The Labute approximate surface area is 77.1 Å². The predicted octanol–water partition coefficient (Wildman–Crippen LogP) is -0.162. The van der Waals surface area contributed by atoms with E-state index in [9.17, 15) is 4.79 Å². The van der Waals surface area contributed by atoms with Crippen LogP contribution in [-0.2, 0) is 0 Å². The quantitative estimate of drug-likeness (QED) is 0.562. The number of nitrogens with zero attached hydrogens (tertiary/aromatic N) is 1. The van der Waals surface area contributed by atoms with Gasteiger partial charge in [0.15, 0.2) is 0 Å². The molecule has 1 rings (SSSR count). The molecule has 13 heavy (non-hydrogen) atoms. The summed E-state index contributed by atoms with van der Waals surface area (Å²) in [7, 11) is 0. The molecule has 0 aliphatic carbocycles. The van der Waals surface area contributed by atoms with Crippen molar-refractivity contribution in [3.8, 4) is 0 Å². The third-order valence-electron chi connectivity index (χ3n) is 2.46. The Kier molecular flexibility index (Phi) is 3.50. The van der Waals surface area contributed by atoms with Crippen molar-refractivity contribution < 1.29 is 15.0 Å². The van der Waals surface area contributed by atoms with Crippen LogP contribution < -0.4 is 5.73 Å². The molecule has 1 aliphatic rings. The fourth-order valence-electron chi connectivity index (χ4n) is 1.76. The molecular weight excluding hydrogens is 172 g/mol. The summed E-state index contributed by atoms with van der Waals surface area (Å²) in [5.41, 5.74) is 5.72. The number of likely N-dealkylation sites (tertiary alicyclic amines) is 1. The molecular formula is C8H16N2O3. The van der Waals surface area contributed by atoms with Crippen molar-refractivity contribution in [2.24, 2.45) is 5.73 Å². The second-order valence-electron chi connectivity index (χ2n) is 3.43. The van der Waals surface area contributed by atoms with Crippen molar-refractivity contribution in [3.63, 3.8) is 0 Å². The van der Waals surface area contributed by atoms with Crippen LogP contribution in [-0.4, -0.2) is 46.4 Å². The first-order valence-corrected chi connectivity index (χ1v) is 4.51. The Morgan fingerprint density at radius 2 is 2.31 bits per heavy atom. The molecule has 0 radical (unpaired) electrons. The molecule has 5 heteroatoms. The van der Waals surface area contributed by atoms with E-state index in [2.05, 4.69) is 0 Å². The van der Waals surface area contributed by atoms with Crippen molar-refractivity contribution in [1.82, 2.24) is 4.90 Å². The normalized spacial score (nSPS) is 28.9. The zero-order valence-corrected chi connectivity index (χ0v) is 7.52. The molecule has 0 saturated carbocycles. The molecule has 0 aromatic rings. The van der Waals surface area contributed by atoms with Crippen molar-refractivity contribution in [2.45, 2.75) is 31.3 Å². The molecule has 0 spiro atoms. The third-order valence-corrected chi connectivity index (χ3v) is 2.46. The van der Waals surface area contributed by atoms with Gasteiger partial charge in [-0.1, -0.05) is 0 Å². The average Bonchev–Trinajstić information content (AvgIpc) is 2.04. The number of amides is 1. The molecule has 1 aliphatic heterocycles. The van der Waals surface area contributed by atoms with Gasteiger partial charge >= 0.3 is 6.09 Å². The molecule has 0 aromatic heterocycles. The molecule has 4 N–H and O–H groups in total. The third kappa shape index (κ3) is 2.57. The Bertz CT molecular complexity index is 186. The zero-order valence-electron chi connectivity index (χ0n) is 7.52. The molecule has 5 nitrogen and oxygen atoms in total. The van der Waals surface area contributed by atoms with Crippen LogP contribution in [0.1, 0.15) is 19.3 Å². The molecule has 1 amide bonds. The molecule has 2 atom stereocenters. The van der Waals surface area contributed by atoms with Gasteiger partial charge < -0.3 is 20.8 Å². The Balaban J connectivity index is 2.55. The molecule has 0 bridgehead atoms. The first-order valence-electron chi connectivity index (χ1n) is 4.51. The van der Waals surface area contributed by atoms with E-state index in [0.717, 1.165) is 0 Å². The maximum Gasteiger partial charge on any atom is 0.407 e. The minimum atomic E-state index is -0.912. The van der Waals surface area contributed by atoms with Crippen molar-refractivity contribution in [3.05, 3.63) is 0 Å². The number of aliphatic hydroxyl groups excluding tert-OH is 1. The molecule has 1 saturated heterocycles. The number of nitrogens with two attached hydrogens (primary N) is 1. The van der Waals surface area contributed by atoms with E-state index in [-0.39, 0.29) is 18.7 Å². The lowest BCUT2D eigenvalue weighted by Crippen LogP contribution is -2.49. The lowest BCUT2D eigenvalue weighted by molar-refractivity contribution is 0.0896. The highest BCUT2D eigenvalue weighted by Gasteiger charge is 2.29. The van der Waals surface area contributed by atoms with E-state index in [0.29, 0.717) is 25.8 Å². The summed E-state index contributed by atoms with van der Waals surface area (Å²) in [5.74, 6) is 0. The summed E-state index contributed by atoms with van der Waals surface area (Å²) in [4.78, 5) is 12.1. The Hall–Kier alpha value is -0.810. The van der Waals surface area contributed by atoms with Gasteiger partial charge in [-0.05, 0) is 19.3 Å². The van der Waals surface area contributed by atoms with Gasteiger partial charge in [0.1, 0.15) is 0 Å². The van der Waals surface area contributed by atoms with E-state index >= 15 is 0 Å². The van der Waals surface area contributed by atoms with Gasteiger partial charge in [-0.15, -0.1) is 0 Å². The largest absolute Gasteiger partial charge is 0.465 e. The lowest BCUT2D eigenvalue weighted by Gasteiger charge is -2.36. The topological polar surface area (TPSA) is 86.8 Å². The van der Waals surface area contributed by atoms with Gasteiger partial charge in [-0.2, -0.15) is 0 Å². The summed E-state index contributed by atoms with van der Waals surface area (Å²) in [6.45, 7) is 0.502. The Morgan fingerprint density at radius 1 is 1.62 bits per heavy atom. The van der Waals surface area contributed by atoms with Gasteiger partial charge in [0, 0.05) is 25.2 Å². The van der Waals surface area contributed by atoms with Crippen molar-refractivity contribution in [2.75, 3.05) is 13.2 Å². The maximum atomic E-state index is 10.7. The van der Waals surface area contributed by atoms with Crippen LogP contribution in [0.2, 0.25) is 0 Å². The summed E-state index contributed by atoms with van der Waals surface area (Å²) in [6.07, 6.45) is 0.950. The van der Waals surface area contributed by atoms with E-state index in [4.69, 9.17) is 15.9 Å². The molecule has 1 heterocycles. The van der Waals surface area contributed by atoms with Crippen molar-refractivity contribution in [1.29, 1.82) is 0 Å². The summed E-state index contributed by atoms with van der Waals surface area (Å²) in [5, 5.41) is 17.6. The monoisotopic (exact) mass is 188 g/mol. The van der Waals surface area contributed by atoms with Gasteiger partial charge in [0.05, 0.1) is 0 Å². The van der Waals surface area contributed by atoms with Crippen LogP contribution in [0.5, 0.6) is 0 Å². The molecule has 76 valence electrons. The molecule has 0 aromatic carbocycles. The van der Waals surface area contributed by atoms with E-state index < -0.39 is 6.09 Å². The standard InChI is InChI=1S/C8H16N2O3/c9-6-1-3-10(8(12)13)7(5-6)2-4-11/h6-7,11H,1-5,9H2,(H,12,13)/t6-,7+/m0/s1. The van der Waals surface area contributed by atoms with Gasteiger partial charge in [0.25, 0.3) is 0 Å². The van der Waals surface area contributed by atoms with Crippen LogP contribution in [0, 0.1) is 0 Å². The predicted molar refractivity (Wildman–Crippen MR) is 47.4 cm³/mol. The highest BCUT2D eigenvalue weighted by molar-refractivity contribution is 5.65. The van der Waals surface area contributed by atoms with Gasteiger partial charge in [-0.25, -0.2) is 4.79 Å². The highest BCUT2D eigenvalue weighted by atomic mass is 16.4. The number of carbonyl (C=O) groups is 1. The smallest absolute Gasteiger partial charge is 0.407 e. The fraction of sp³-hybridized carbons (Fsp3) is 0.875. The van der Waals surface area contributed by atoms with E-state index in [1.54, 1.807) is 0 Å². The lowest BCUT2D eigenvalue weighted by atomic mass is 9.96. The SMILES string of the molecule is N[C@H]1CCN(C(=O)O)[C@H](CCO)C1. The number of piperidine rings is 1. The minimum Gasteiger partial charge on any atom is -0.465 e. The second-order valence-corrected chi connectivity index (χ2v) is 3.43. The van der Waals surface area contributed by atoms with Crippen LogP contribution >= 0.6 is 0 Å². The first-order chi connectivity index (χ1) is 6.15. The molecule has 0 unspecified atom stereocenters. The second kappa shape index (κ2) is 4.43. The number of aliphatic hydroxyl groups is 1. The molecule has 1 fully saturated rings. The number of carboxylic acid groups (broad SMARTS) is 1. The number of rotatable bonds is 2. The van der Waals surface area contributed by atoms with Gasteiger partial charge in [0.2, 0.25) is 0 Å². The van der Waals surface area contributed by atoms with Crippen LogP contribution in [0.3, 0.4) is 0 Å². The first kappa shape index (κ1) is 10.3. The zero-order chi connectivity index (χ0) is 9.84. The summed E-state index contributed by atoms with van der Waals surface area (Å²) < 4.78 is 0. The van der Waals surface area contributed by atoms with Gasteiger partial charge in [-0.3, -0.25) is 0 Å². The number of hydrogen-bond acceptors (Lipinski definition) is 3. The van der Waals surface area contributed by atoms with Crippen LogP contribution in [0.15, 0.2) is 0 Å². The van der Waals surface area contributed by atoms with Crippen LogP contribution in [0.25, 0.3) is 0 Å². The Morgan fingerprint density at radius 3 is 2.85 bits per heavy atom. The minimum absolute atomic E-state index is 0.0150.